The van der Waals surface area contributed by atoms with Crippen LogP contribution in [0.15, 0.2) is 27.6 Å². The molecule has 0 aromatic heterocycles. The molecule has 3 nitrogen and oxygen atoms in total. The zero-order valence-electron chi connectivity index (χ0n) is 9.57. The van der Waals surface area contributed by atoms with E-state index < -0.39 is 21.1 Å². The van der Waals surface area contributed by atoms with Gasteiger partial charge in [-0.05, 0) is 18.2 Å². The molecule has 0 saturated heterocycles. The van der Waals surface area contributed by atoms with E-state index in [0.717, 1.165) is 6.07 Å². The number of hydrogen-bond acceptors (Lipinski definition) is 3. The van der Waals surface area contributed by atoms with Crippen LogP contribution < -0.4 is 0 Å². The highest BCUT2D eigenvalue weighted by atomic mass is 79.9. The van der Waals surface area contributed by atoms with Crippen LogP contribution in [-0.4, -0.2) is 25.9 Å². The van der Waals surface area contributed by atoms with Crippen molar-refractivity contribution in [3.05, 3.63) is 28.5 Å². The molecule has 1 aromatic rings. The Morgan fingerprint density at radius 3 is 2.53 bits per heavy atom. The third-order valence-corrected chi connectivity index (χ3v) is 4.87. The van der Waals surface area contributed by atoms with Crippen LogP contribution in [-0.2, 0) is 9.84 Å². The van der Waals surface area contributed by atoms with Gasteiger partial charge in [-0.2, -0.15) is 0 Å². The second-order valence-electron chi connectivity index (χ2n) is 4.66. The van der Waals surface area contributed by atoms with Crippen molar-refractivity contribution in [1.82, 2.24) is 0 Å². The molecule has 0 aliphatic carbocycles. The van der Waals surface area contributed by atoms with Gasteiger partial charge in [0.05, 0.1) is 5.75 Å². The first-order chi connectivity index (χ1) is 7.68. The van der Waals surface area contributed by atoms with Crippen molar-refractivity contribution < 1.29 is 17.9 Å². The van der Waals surface area contributed by atoms with Gasteiger partial charge in [0.25, 0.3) is 0 Å². The van der Waals surface area contributed by atoms with E-state index in [2.05, 4.69) is 15.9 Å². The number of sulfone groups is 1. The summed E-state index contributed by atoms with van der Waals surface area (Å²) in [5, 5.41) is 9.06. The minimum atomic E-state index is -3.75. The molecule has 0 spiro atoms. The van der Waals surface area contributed by atoms with E-state index in [1.807, 2.05) is 0 Å². The summed E-state index contributed by atoms with van der Waals surface area (Å²) in [6.45, 7) is 2.95. The summed E-state index contributed by atoms with van der Waals surface area (Å²) in [5.74, 6) is -1.08. The molecule has 6 heteroatoms. The smallest absolute Gasteiger partial charge is 0.181 e. The van der Waals surface area contributed by atoms with Gasteiger partial charge >= 0.3 is 0 Å². The van der Waals surface area contributed by atoms with Crippen molar-refractivity contribution in [3.63, 3.8) is 0 Å². The van der Waals surface area contributed by atoms with E-state index in [4.69, 9.17) is 5.11 Å². The van der Waals surface area contributed by atoms with Gasteiger partial charge in [-0.1, -0.05) is 29.8 Å². The predicted molar refractivity (Wildman–Crippen MR) is 67.0 cm³/mol. The molecule has 0 amide bonds. The summed E-state index contributed by atoms with van der Waals surface area (Å²) in [4.78, 5) is -0.339. The molecule has 0 bridgehead atoms. The lowest BCUT2D eigenvalue weighted by atomic mass is 9.98. The number of halogens is 2. The molecular weight excluding hydrogens is 311 g/mol. The van der Waals surface area contributed by atoms with E-state index in [-0.39, 0.29) is 17.3 Å². The van der Waals surface area contributed by atoms with Gasteiger partial charge in [-0.25, -0.2) is 12.8 Å². The highest BCUT2D eigenvalue weighted by molar-refractivity contribution is 9.10. The molecule has 0 saturated carbocycles. The largest absolute Gasteiger partial charge is 0.396 e. The van der Waals surface area contributed by atoms with E-state index in [1.54, 1.807) is 13.8 Å². The van der Waals surface area contributed by atoms with E-state index in [0.29, 0.717) is 4.47 Å². The summed E-state index contributed by atoms with van der Waals surface area (Å²) in [7, 11) is -3.75. The fraction of sp³-hybridized carbons (Fsp3) is 0.455. The van der Waals surface area contributed by atoms with E-state index in [1.165, 1.54) is 12.1 Å². The maximum atomic E-state index is 13.5. The number of benzene rings is 1. The average Bonchev–Trinajstić information content (AvgIpc) is 2.20. The Morgan fingerprint density at radius 2 is 2.00 bits per heavy atom. The molecule has 1 rings (SSSR count). The summed E-state index contributed by atoms with van der Waals surface area (Å²) in [5.41, 5.74) is -0.798. The molecule has 17 heavy (non-hydrogen) atoms. The second-order valence-corrected chi connectivity index (χ2v) is 7.53. The Balaban J connectivity index is 3.18. The van der Waals surface area contributed by atoms with Gasteiger partial charge in [-0.3, -0.25) is 0 Å². The van der Waals surface area contributed by atoms with Crippen LogP contribution >= 0.6 is 15.9 Å². The Kier molecular flexibility index (Phi) is 4.33. The zero-order chi connectivity index (χ0) is 13.3. The molecule has 0 heterocycles. The van der Waals surface area contributed by atoms with E-state index in [9.17, 15) is 12.8 Å². The van der Waals surface area contributed by atoms with Gasteiger partial charge in [0.2, 0.25) is 0 Å². The standard InChI is InChI=1S/C11H14BrFO3S/c1-11(2,6-14)7-17(15,16)10-5-8(12)3-4-9(10)13/h3-5,14H,6-7H2,1-2H3. The van der Waals surface area contributed by atoms with Crippen molar-refractivity contribution in [2.24, 2.45) is 5.41 Å². The highest BCUT2D eigenvalue weighted by Crippen LogP contribution is 2.26. The Labute approximate surface area is 109 Å². The third kappa shape index (κ3) is 3.76. The van der Waals surface area contributed by atoms with Gasteiger partial charge in [0.15, 0.2) is 9.84 Å². The fourth-order valence-electron chi connectivity index (χ4n) is 1.35. The van der Waals surface area contributed by atoms with Gasteiger partial charge in [0.1, 0.15) is 10.7 Å². The first kappa shape index (κ1) is 14.6. The van der Waals surface area contributed by atoms with Gasteiger partial charge < -0.3 is 5.11 Å². The van der Waals surface area contributed by atoms with Crippen LogP contribution in [0.5, 0.6) is 0 Å². The van der Waals surface area contributed by atoms with Crippen molar-refractivity contribution in [3.8, 4) is 0 Å². The molecular formula is C11H14BrFO3S. The third-order valence-electron chi connectivity index (χ3n) is 2.24. The molecule has 0 atom stereocenters. The van der Waals surface area contributed by atoms with Crippen LogP contribution in [0, 0.1) is 11.2 Å². The van der Waals surface area contributed by atoms with Crippen molar-refractivity contribution in [2.75, 3.05) is 12.4 Å². The molecule has 1 aromatic carbocycles. The van der Waals surface area contributed by atoms with Crippen molar-refractivity contribution in [2.45, 2.75) is 18.7 Å². The van der Waals surface area contributed by atoms with Crippen molar-refractivity contribution >= 4 is 25.8 Å². The summed E-state index contributed by atoms with van der Waals surface area (Å²) in [6, 6.07) is 3.77. The lowest BCUT2D eigenvalue weighted by Crippen LogP contribution is -2.28. The Morgan fingerprint density at radius 1 is 1.41 bits per heavy atom. The van der Waals surface area contributed by atoms with Gasteiger partial charge in [0, 0.05) is 16.5 Å². The molecule has 96 valence electrons. The number of aliphatic hydroxyl groups excluding tert-OH is 1. The fourth-order valence-corrected chi connectivity index (χ4v) is 3.81. The molecule has 0 radical (unpaired) electrons. The van der Waals surface area contributed by atoms with Crippen LogP contribution in [0.2, 0.25) is 0 Å². The molecule has 0 unspecified atom stereocenters. The van der Waals surface area contributed by atoms with Crippen LogP contribution in [0.1, 0.15) is 13.8 Å². The first-order valence-corrected chi connectivity index (χ1v) is 7.41. The van der Waals surface area contributed by atoms with Crippen LogP contribution in [0.4, 0.5) is 4.39 Å². The lowest BCUT2D eigenvalue weighted by Gasteiger charge is -2.21. The minimum absolute atomic E-state index is 0.276. The number of hydrogen-bond donors (Lipinski definition) is 1. The van der Waals surface area contributed by atoms with Crippen LogP contribution in [0.25, 0.3) is 0 Å². The summed E-state index contributed by atoms with van der Waals surface area (Å²) < 4.78 is 38.0. The Hall–Kier alpha value is -0.460. The predicted octanol–water partition coefficient (Wildman–Crippen LogP) is 2.38. The molecule has 0 fully saturated rings. The normalized spacial score (nSPS) is 12.8. The zero-order valence-corrected chi connectivity index (χ0v) is 12.0. The maximum absolute atomic E-state index is 13.5. The maximum Gasteiger partial charge on any atom is 0.181 e. The van der Waals surface area contributed by atoms with Crippen molar-refractivity contribution in [1.29, 1.82) is 0 Å². The molecule has 0 aliphatic heterocycles. The van der Waals surface area contributed by atoms with E-state index >= 15 is 0 Å². The topological polar surface area (TPSA) is 54.4 Å². The minimum Gasteiger partial charge on any atom is -0.396 e. The first-order valence-electron chi connectivity index (χ1n) is 4.97. The van der Waals surface area contributed by atoms with Crippen LogP contribution in [0.3, 0.4) is 0 Å². The summed E-state index contributed by atoms with van der Waals surface area (Å²) >= 11 is 3.10. The average molecular weight is 325 g/mol. The highest BCUT2D eigenvalue weighted by Gasteiger charge is 2.29. The molecule has 1 N–H and O–H groups in total. The SMILES string of the molecule is CC(C)(CO)CS(=O)(=O)c1cc(Br)ccc1F. The number of aliphatic hydroxyl groups is 1. The molecule has 0 aliphatic rings. The number of rotatable bonds is 4. The lowest BCUT2D eigenvalue weighted by molar-refractivity contribution is 0.178. The quantitative estimate of drug-likeness (QED) is 0.925. The monoisotopic (exact) mass is 324 g/mol. The Bertz CT molecular complexity index is 511. The van der Waals surface area contributed by atoms with Gasteiger partial charge in [-0.15, -0.1) is 0 Å². The second kappa shape index (κ2) is 5.04. The summed E-state index contributed by atoms with van der Waals surface area (Å²) in [6.07, 6.45) is 0.